The van der Waals surface area contributed by atoms with Crippen molar-refractivity contribution in [1.29, 1.82) is 0 Å². The summed E-state index contributed by atoms with van der Waals surface area (Å²) < 4.78 is 24.7. The molecule has 0 bridgehead atoms. The molecule has 112 valence electrons. The molecular formula is C15H18N2O3S. The van der Waals surface area contributed by atoms with Crippen molar-refractivity contribution < 1.29 is 13.2 Å². The van der Waals surface area contributed by atoms with Crippen molar-refractivity contribution in [2.75, 3.05) is 6.26 Å². The minimum absolute atomic E-state index is 0.0707. The summed E-state index contributed by atoms with van der Waals surface area (Å²) in [6.45, 7) is 2.89. The van der Waals surface area contributed by atoms with Gasteiger partial charge in [0.25, 0.3) is 0 Å². The molecule has 1 heterocycles. The normalized spacial score (nSPS) is 11.5. The van der Waals surface area contributed by atoms with Gasteiger partial charge in [-0.05, 0) is 18.6 Å². The molecular weight excluding hydrogens is 288 g/mol. The molecule has 0 N–H and O–H groups in total. The van der Waals surface area contributed by atoms with E-state index in [1.807, 2.05) is 10.8 Å². The molecule has 21 heavy (non-hydrogen) atoms. The monoisotopic (exact) mass is 306 g/mol. The fourth-order valence-electron chi connectivity index (χ4n) is 2.09. The van der Waals surface area contributed by atoms with Gasteiger partial charge in [-0.1, -0.05) is 19.1 Å². The van der Waals surface area contributed by atoms with E-state index in [1.165, 1.54) is 12.1 Å². The molecule has 0 aliphatic rings. The largest absolute Gasteiger partial charge is 0.335 e. The Hall–Kier alpha value is -1.95. The highest BCUT2D eigenvalue weighted by molar-refractivity contribution is 7.90. The molecule has 0 aliphatic carbocycles. The number of hydrogen-bond acceptors (Lipinski definition) is 4. The first-order valence-corrected chi connectivity index (χ1v) is 8.64. The summed E-state index contributed by atoms with van der Waals surface area (Å²) in [5.74, 6) is 0.660. The second kappa shape index (κ2) is 6.22. The number of Topliss-reactive ketones (excluding diaryl/α,β-unsaturated/α-hetero) is 1. The number of imidazole rings is 1. The smallest absolute Gasteiger partial charge is 0.175 e. The van der Waals surface area contributed by atoms with Gasteiger partial charge < -0.3 is 4.57 Å². The number of nitrogens with zero attached hydrogens (tertiary/aromatic N) is 2. The quantitative estimate of drug-likeness (QED) is 0.767. The molecule has 2 aromatic rings. The van der Waals surface area contributed by atoms with Gasteiger partial charge in [-0.25, -0.2) is 13.4 Å². The zero-order valence-electron chi connectivity index (χ0n) is 12.1. The molecule has 0 saturated carbocycles. The van der Waals surface area contributed by atoms with Gasteiger partial charge in [0.2, 0.25) is 0 Å². The SMILES string of the molecule is CCCn1ccnc1CC(=O)c1ccc(S(C)(=O)=O)cc1. The van der Waals surface area contributed by atoms with Crippen molar-refractivity contribution in [3.63, 3.8) is 0 Å². The minimum atomic E-state index is -3.24. The van der Waals surface area contributed by atoms with Crippen LogP contribution in [-0.2, 0) is 22.8 Å². The first kappa shape index (κ1) is 15.4. The number of ketones is 1. The van der Waals surface area contributed by atoms with Gasteiger partial charge in [0, 0.05) is 30.8 Å². The summed E-state index contributed by atoms with van der Waals surface area (Å²) in [5, 5.41) is 0. The Labute approximate surface area is 124 Å². The first-order chi connectivity index (χ1) is 9.91. The summed E-state index contributed by atoms with van der Waals surface area (Å²) >= 11 is 0. The van der Waals surface area contributed by atoms with Gasteiger partial charge >= 0.3 is 0 Å². The van der Waals surface area contributed by atoms with E-state index < -0.39 is 9.84 Å². The minimum Gasteiger partial charge on any atom is -0.335 e. The van der Waals surface area contributed by atoms with Crippen molar-refractivity contribution in [2.24, 2.45) is 0 Å². The summed E-state index contributed by atoms with van der Waals surface area (Å²) in [7, 11) is -3.24. The van der Waals surface area contributed by atoms with E-state index in [-0.39, 0.29) is 17.1 Å². The fourth-order valence-corrected chi connectivity index (χ4v) is 2.72. The zero-order chi connectivity index (χ0) is 15.5. The van der Waals surface area contributed by atoms with Crippen LogP contribution in [0.4, 0.5) is 0 Å². The van der Waals surface area contributed by atoms with Crippen LogP contribution in [0.1, 0.15) is 29.5 Å². The van der Waals surface area contributed by atoms with Crippen molar-refractivity contribution in [3.05, 3.63) is 48.0 Å². The first-order valence-electron chi connectivity index (χ1n) is 6.75. The highest BCUT2D eigenvalue weighted by Gasteiger charge is 2.13. The number of aryl methyl sites for hydroxylation is 1. The highest BCUT2D eigenvalue weighted by Crippen LogP contribution is 2.12. The van der Waals surface area contributed by atoms with Crippen LogP contribution in [0, 0.1) is 0 Å². The van der Waals surface area contributed by atoms with Crippen LogP contribution in [0.5, 0.6) is 0 Å². The Morgan fingerprint density at radius 1 is 1.24 bits per heavy atom. The molecule has 6 heteroatoms. The molecule has 0 unspecified atom stereocenters. The molecule has 0 spiro atoms. The second-order valence-corrected chi connectivity index (χ2v) is 6.95. The van der Waals surface area contributed by atoms with Crippen LogP contribution in [-0.4, -0.2) is 30.0 Å². The van der Waals surface area contributed by atoms with E-state index in [0.717, 1.165) is 25.0 Å². The lowest BCUT2D eigenvalue weighted by Gasteiger charge is -2.06. The lowest BCUT2D eigenvalue weighted by Crippen LogP contribution is -2.10. The molecule has 0 amide bonds. The molecule has 1 aromatic carbocycles. The van der Waals surface area contributed by atoms with Gasteiger partial charge in [0.1, 0.15) is 5.82 Å². The van der Waals surface area contributed by atoms with Crippen molar-refractivity contribution in [3.8, 4) is 0 Å². The second-order valence-electron chi connectivity index (χ2n) is 4.93. The summed E-state index contributed by atoms with van der Waals surface area (Å²) in [5.41, 5.74) is 0.494. The van der Waals surface area contributed by atoms with E-state index in [2.05, 4.69) is 11.9 Å². The van der Waals surface area contributed by atoms with E-state index in [1.54, 1.807) is 18.3 Å². The van der Waals surface area contributed by atoms with E-state index in [9.17, 15) is 13.2 Å². The average Bonchev–Trinajstić information content (AvgIpc) is 2.86. The van der Waals surface area contributed by atoms with Crippen LogP contribution in [0.25, 0.3) is 0 Å². The van der Waals surface area contributed by atoms with Gasteiger partial charge in [0.05, 0.1) is 11.3 Å². The molecule has 0 saturated heterocycles. The van der Waals surface area contributed by atoms with Gasteiger partial charge in [-0.15, -0.1) is 0 Å². The molecule has 5 nitrogen and oxygen atoms in total. The Bertz CT molecular complexity index is 731. The number of benzene rings is 1. The Morgan fingerprint density at radius 3 is 2.48 bits per heavy atom. The molecule has 0 atom stereocenters. The topological polar surface area (TPSA) is 69.0 Å². The maximum Gasteiger partial charge on any atom is 0.175 e. The Balaban J connectivity index is 2.15. The number of carbonyl (C=O) groups is 1. The number of rotatable bonds is 6. The van der Waals surface area contributed by atoms with Crippen LogP contribution in [0.15, 0.2) is 41.6 Å². The number of hydrogen-bond donors (Lipinski definition) is 0. The molecule has 0 fully saturated rings. The third-order valence-electron chi connectivity index (χ3n) is 3.19. The summed E-state index contributed by atoms with van der Waals surface area (Å²) in [6, 6.07) is 6.01. The van der Waals surface area contributed by atoms with E-state index in [0.29, 0.717) is 5.56 Å². The van der Waals surface area contributed by atoms with Crippen LogP contribution in [0.3, 0.4) is 0 Å². The van der Waals surface area contributed by atoms with Crippen LogP contribution in [0.2, 0.25) is 0 Å². The van der Waals surface area contributed by atoms with Crippen LogP contribution < -0.4 is 0 Å². The zero-order valence-corrected chi connectivity index (χ0v) is 12.9. The standard InChI is InChI=1S/C15H18N2O3S/c1-3-9-17-10-8-16-15(17)11-14(18)12-4-6-13(7-5-12)21(2,19)20/h4-8,10H,3,9,11H2,1-2H3. The maximum atomic E-state index is 12.2. The van der Waals surface area contributed by atoms with Crippen molar-refractivity contribution in [1.82, 2.24) is 9.55 Å². The third-order valence-corrected chi connectivity index (χ3v) is 4.32. The van der Waals surface area contributed by atoms with E-state index >= 15 is 0 Å². The van der Waals surface area contributed by atoms with Gasteiger partial charge in [-0.3, -0.25) is 4.79 Å². The van der Waals surface area contributed by atoms with Gasteiger partial charge in [-0.2, -0.15) is 0 Å². The van der Waals surface area contributed by atoms with Gasteiger partial charge in [0.15, 0.2) is 15.6 Å². The highest BCUT2D eigenvalue weighted by atomic mass is 32.2. The number of aromatic nitrogens is 2. The average molecular weight is 306 g/mol. The lowest BCUT2D eigenvalue weighted by molar-refractivity contribution is 0.0989. The van der Waals surface area contributed by atoms with Crippen molar-refractivity contribution in [2.45, 2.75) is 31.2 Å². The molecule has 2 rings (SSSR count). The fraction of sp³-hybridized carbons (Fsp3) is 0.333. The predicted octanol–water partition coefficient (Wildman–Crippen LogP) is 2.12. The van der Waals surface area contributed by atoms with Crippen molar-refractivity contribution >= 4 is 15.6 Å². The molecule has 1 aromatic heterocycles. The lowest BCUT2D eigenvalue weighted by atomic mass is 10.1. The third kappa shape index (κ3) is 3.78. The number of sulfone groups is 1. The van der Waals surface area contributed by atoms with Crippen LogP contribution >= 0.6 is 0 Å². The molecule has 0 aliphatic heterocycles. The van der Waals surface area contributed by atoms with E-state index in [4.69, 9.17) is 0 Å². The Kier molecular flexibility index (Phi) is 4.57. The predicted molar refractivity (Wildman–Crippen MR) is 80.1 cm³/mol. The maximum absolute atomic E-state index is 12.2. The molecule has 0 radical (unpaired) electrons. The number of carbonyl (C=O) groups excluding carboxylic acids is 1. The Morgan fingerprint density at radius 2 is 1.90 bits per heavy atom. The summed E-state index contributed by atoms with van der Waals surface area (Å²) in [6.07, 6.45) is 5.88. The summed E-state index contributed by atoms with van der Waals surface area (Å²) in [4.78, 5) is 16.6.